The Labute approximate surface area is 243 Å². The van der Waals surface area contributed by atoms with E-state index >= 15 is 0 Å². The number of esters is 1. The zero-order valence-electron chi connectivity index (χ0n) is 23.4. The molecule has 2 heterocycles. The van der Waals surface area contributed by atoms with Crippen molar-refractivity contribution in [1.82, 2.24) is 0 Å². The number of aliphatic hydroxyl groups excluding tert-OH is 5. The zero-order chi connectivity index (χ0) is 30.6. The molecule has 8 atom stereocenters. The van der Waals surface area contributed by atoms with Crippen molar-refractivity contribution < 1.29 is 59.3 Å². The average molecular weight is 589 g/mol. The Kier molecular flexibility index (Phi) is 9.87. The van der Waals surface area contributed by atoms with E-state index in [1.807, 2.05) is 24.3 Å². The Morgan fingerprint density at radius 3 is 2.45 bits per heavy atom. The standard InChI is InChI=1S/C24H25NO4.C6H12O7/c1-25-13-12-24-11-10-18(28-23(26)16-6-4-3-5-7-16)14-20(24)29-22-19(27-2)9-8-17(15-25)21(22)24;7-1-2(8)3(9)4(10)5(11)6(12)13/h3-11,18,20H,12-15H2,1-2H3;2-5,7-11H,1H2,(H,12,13)/p+1/t18-,20?,24-;2-,3-,4+,5-/m01/s1. The summed E-state index contributed by atoms with van der Waals surface area (Å²) in [5, 5.41) is 51.8. The lowest BCUT2D eigenvalue weighted by molar-refractivity contribution is -0.893. The molecule has 5 rings (SSSR count). The Morgan fingerprint density at radius 1 is 1.10 bits per heavy atom. The fourth-order valence-corrected chi connectivity index (χ4v) is 5.70. The van der Waals surface area contributed by atoms with Gasteiger partial charge in [-0.3, -0.25) is 0 Å². The van der Waals surface area contributed by atoms with Gasteiger partial charge in [-0.15, -0.1) is 0 Å². The van der Waals surface area contributed by atoms with Crippen molar-refractivity contribution in [2.45, 2.75) is 61.4 Å². The largest absolute Gasteiger partial charge is 0.493 e. The molecule has 0 amide bonds. The van der Waals surface area contributed by atoms with Crippen LogP contribution in [0.5, 0.6) is 11.5 Å². The minimum atomic E-state index is -2.20. The lowest BCUT2D eigenvalue weighted by atomic mass is 9.69. The number of carboxylic acids is 1. The van der Waals surface area contributed by atoms with Gasteiger partial charge in [-0.25, -0.2) is 9.59 Å². The Hall–Kier alpha value is -3.52. The van der Waals surface area contributed by atoms with Crippen LogP contribution in [0.1, 0.15) is 34.3 Å². The molecule has 12 nitrogen and oxygen atoms in total. The molecule has 2 unspecified atom stereocenters. The van der Waals surface area contributed by atoms with Crippen LogP contribution in [-0.2, 0) is 21.5 Å². The van der Waals surface area contributed by atoms with Gasteiger partial charge in [-0.05, 0) is 30.3 Å². The molecule has 2 aromatic carbocycles. The maximum Gasteiger partial charge on any atom is 0.338 e. The lowest BCUT2D eigenvalue weighted by Gasteiger charge is -2.36. The van der Waals surface area contributed by atoms with Crippen LogP contribution in [0, 0.1) is 0 Å². The van der Waals surface area contributed by atoms with Crippen LogP contribution < -0.4 is 14.4 Å². The Balaban J connectivity index is 0.000000266. The highest BCUT2D eigenvalue weighted by Crippen LogP contribution is 2.55. The summed E-state index contributed by atoms with van der Waals surface area (Å²) in [7, 11) is 3.92. The quantitative estimate of drug-likeness (QED) is 0.145. The Morgan fingerprint density at radius 2 is 1.81 bits per heavy atom. The normalized spacial score (nSPS) is 26.5. The minimum absolute atomic E-state index is 0.0583. The molecular weight excluding hydrogens is 550 g/mol. The van der Waals surface area contributed by atoms with Gasteiger partial charge in [0.2, 0.25) is 0 Å². The number of carbonyl (C=O) groups is 2. The number of methoxy groups -OCH3 is 1. The number of rotatable bonds is 8. The van der Waals surface area contributed by atoms with E-state index in [-0.39, 0.29) is 23.6 Å². The summed E-state index contributed by atoms with van der Waals surface area (Å²) < 4.78 is 17.9. The molecule has 1 aliphatic carbocycles. The molecule has 228 valence electrons. The van der Waals surface area contributed by atoms with E-state index in [1.165, 1.54) is 16.0 Å². The highest BCUT2D eigenvalue weighted by Gasteiger charge is 2.54. The second-order valence-corrected chi connectivity index (χ2v) is 10.8. The fourth-order valence-electron chi connectivity index (χ4n) is 5.70. The average Bonchev–Trinajstić information content (AvgIpc) is 3.26. The molecule has 7 N–H and O–H groups in total. The number of carboxylic acid groups (broad SMARTS) is 1. The number of benzene rings is 2. The third-order valence-electron chi connectivity index (χ3n) is 8.02. The van der Waals surface area contributed by atoms with Crippen molar-refractivity contribution in [2.75, 3.05) is 27.3 Å². The van der Waals surface area contributed by atoms with Gasteiger partial charge in [0.05, 0.1) is 38.3 Å². The summed E-state index contributed by atoms with van der Waals surface area (Å²) in [6.45, 7) is 1.20. The van der Waals surface area contributed by atoms with E-state index in [0.717, 1.165) is 31.0 Å². The summed E-state index contributed by atoms with van der Waals surface area (Å²) >= 11 is 0. The molecule has 0 bridgehead atoms. The lowest BCUT2D eigenvalue weighted by Crippen LogP contribution is -3.07. The van der Waals surface area contributed by atoms with Crippen molar-refractivity contribution in [2.24, 2.45) is 0 Å². The van der Waals surface area contributed by atoms with E-state index in [4.69, 9.17) is 44.8 Å². The number of hydrogen-bond donors (Lipinski definition) is 7. The maximum atomic E-state index is 12.5. The van der Waals surface area contributed by atoms with Crippen molar-refractivity contribution >= 4 is 11.9 Å². The highest BCUT2D eigenvalue weighted by atomic mass is 16.6. The van der Waals surface area contributed by atoms with Crippen molar-refractivity contribution in [1.29, 1.82) is 0 Å². The van der Waals surface area contributed by atoms with Gasteiger partial charge in [0.25, 0.3) is 0 Å². The summed E-state index contributed by atoms with van der Waals surface area (Å²) in [4.78, 5) is 24.1. The van der Waals surface area contributed by atoms with Crippen LogP contribution in [0.25, 0.3) is 0 Å². The van der Waals surface area contributed by atoms with Crippen molar-refractivity contribution in [3.63, 3.8) is 0 Å². The summed E-state index contributed by atoms with van der Waals surface area (Å²) in [5.41, 5.74) is 2.98. The first kappa shape index (κ1) is 31.4. The first-order valence-electron chi connectivity index (χ1n) is 13.7. The maximum absolute atomic E-state index is 12.5. The summed E-state index contributed by atoms with van der Waals surface area (Å²) in [6.07, 6.45) is -2.25. The van der Waals surface area contributed by atoms with Crippen LogP contribution in [-0.4, -0.2) is 107 Å². The van der Waals surface area contributed by atoms with Crippen LogP contribution in [0.15, 0.2) is 54.6 Å². The molecule has 0 fully saturated rings. The molecule has 0 saturated carbocycles. The first-order valence-corrected chi connectivity index (χ1v) is 13.7. The first-order chi connectivity index (χ1) is 20.0. The number of aliphatic hydroxyl groups is 5. The molecule has 42 heavy (non-hydrogen) atoms. The van der Waals surface area contributed by atoms with Crippen LogP contribution in [0.3, 0.4) is 0 Å². The van der Waals surface area contributed by atoms with Gasteiger partial charge < -0.3 is 49.7 Å². The number of aliphatic carboxylic acids is 1. The molecule has 0 radical (unpaired) electrons. The van der Waals surface area contributed by atoms with E-state index in [0.29, 0.717) is 12.0 Å². The molecule has 12 heteroatoms. The number of carbonyl (C=O) groups excluding carboxylic acids is 1. The highest BCUT2D eigenvalue weighted by molar-refractivity contribution is 5.89. The third-order valence-corrected chi connectivity index (χ3v) is 8.02. The van der Waals surface area contributed by atoms with Gasteiger partial charge in [0.1, 0.15) is 37.1 Å². The second kappa shape index (κ2) is 13.2. The number of quaternary nitrogens is 1. The van der Waals surface area contributed by atoms with E-state index < -0.39 is 37.0 Å². The van der Waals surface area contributed by atoms with Crippen molar-refractivity contribution in [3.05, 3.63) is 71.3 Å². The number of nitrogens with one attached hydrogen (secondary N) is 1. The third kappa shape index (κ3) is 6.28. The van der Waals surface area contributed by atoms with Gasteiger partial charge in [0.15, 0.2) is 17.6 Å². The topological polar surface area (TPSA) is 188 Å². The Bertz CT molecular complexity index is 1290. The van der Waals surface area contributed by atoms with E-state index in [1.54, 1.807) is 19.2 Å². The molecule has 2 aliphatic heterocycles. The van der Waals surface area contributed by atoms with Gasteiger partial charge in [0, 0.05) is 24.0 Å². The molecular formula is C30H38NO11+. The smallest absolute Gasteiger partial charge is 0.338 e. The second-order valence-electron chi connectivity index (χ2n) is 10.8. The molecule has 2 aromatic rings. The van der Waals surface area contributed by atoms with Crippen LogP contribution in [0.4, 0.5) is 0 Å². The van der Waals surface area contributed by atoms with Crippen LogP contribution >= 0.6 is 0 Å². The predicted octanol–water partition coefficient (Wildman–Crippen LogP) is -1.20. The fraction of sp³-hybridized carbons (Fsp3) is 0.467. The van der Waals surface area contributed by atoms with E-state index in [9.17, 15) is 9.59 Å². The SMILES string of the molecule is COc1ccc2c3c1OC1C[C@@H](OC(=O)c4ccccc4)C=C[C@@]31CC[NH+](C)C2.O=C(O)[C@H](O)[C@@H](O)[C@H](O)[C@H](O)CO. The van der Waals surface area contributed by atoms with E-state index in [2.05, 4.69) is 25.3 Å². The number of ether oxygens (including phenoxy) is 3. The number of hydrogen-bond acceptors (Lipinski definition) is 10. The van der Waals surface area contributed by atoms with Crippen LogP contribution in [0.2, 0.25) is 0 Å². The van der Waals surface area contributed by atoms with Gasteiger partial charge in [-0.2, -0.15) is 0 Å². The van der Waals surface area contributed by atoms with Gasteiger partial charge >= 0.3 is 11.9 Å². The summed E-state index contributed by atoms with van der Waals surface area (Å²) in [6, 6.07) is 13.3. The molecule has 3 aliphatic rings. The molecule has 0 aromatic heterocycles. The minimum Gasteiger partial charge on any atom is -0.493 e. The summed E-state index contributed by atoms with van der Waals surface area (Å²) in [5.74, 6) is -0.376. The molecule has 0 saturated heterocycles. The van der Waals surface area contributed by atoms with Crippen molar-refractivity contribution in [3.8, 4) is 11.5 Å². The molecule has 1 spiro atoms. The predicted molar refractivity (Wildman–Crippen MR) is 147 cm³/mol. The van der Waals surface area contributed by atoms with Gasteiger partial charge in [-0.1, -0.05) is 24.3 Å². The monoisotopic (exact) mass is 588 g/mol. The zero-order valence-corrected chi connectivity index (χ0v) is 23.4.